The Bertz CT molecular complexity index is 266. The largest absolute Gasteiger partial charge is 0.371 e. The first-order valence-electron chi connectivity index (χ1n) is 6.76. The third-order valence-electron chi connectivity index (χ3n) is 4.16. The van der Waals surface area contributed by atoms with Crippen molar-refractivity contribution in [3.63, 3.8) is 0 Å². The van der Waals surface area contributed by atoms with Crippen molar-refractivity contribution >= 4 is 5.91 Å². The van der Waals surface area contributed by atoms with E-state index >= 15 is 0 Å². The number of amides is 1. The van der Waals surface area contributed by atoms with Crippen LogP contribution in [0.5, 0.6) is 0 Å². The fourth-order valence-electron chi connectivity index (χ4n) is 2.71. The molecule has 2 saturated carbocycles. The summed E-state index contributed by atoms with van der Waals surface area (Å²) in [5, 5.41) is 0. The lowest BCUT2D eigenvalue weighted by Crippen LogP contribution is -2.33. The summed E-state index contributed by atoms with van der Waals surface area (Å²) in [6, 6.07) is 0.481. The molecule has 0 spiro atoms. The topological polar surface area (TPSA) is 55.6 Å². The highest BCUT2D eigenvalue weighted by atomic mass is 16.5. The summed E-state index contributed by atoms with van der Waals surface area (Å²) >= 11 is 0. The Labute approximate surface area is 103 Å². The summed E-state index contributed by atoms with van der Waals surface area (Å²) in [6.45, 7) is 1.69. The predicted octanol–water partition coefficient (Wildman–Crippen LogP) is 0.999. The minimum absolute atomic E-state index is 0.120. The molecule has 0 heterocycles. The molecule has 0 aliphatic heterocycles. The van der Waals surface area contributed by atoms with E-state index in [-0.39, 0.29) is 12.5 Å². The first kappa shape index (κ1) is 12.8. The molecular weight excluding hydrogens is 216 g/mol. The minimum Gasteiger partial charge on any atom is -0.371 e. The van der Waals surface area contributed by atoms with Crippen LogP contribution in [0.25, 0.3) is 0 Å². The van der Waals surface area contributed by atoms with Gasteiger partial charge in [-0.2, -0.15) is 0 Å². The van der Waals surface area contributed by atoms with Gasteiger partial charge in [-0.05, 0) is 44.1 Å². The third-order valence-corrected chi connectivity index (χ3v) is 4.16. The normalized spacial score (nSPS) is 28.4. The highest BCUT2D eigenvalue weighted by Crippen LogP contribution is 2.31. The SMILES string of the molecule is CN(C(=O)COCC1CCCC1CN)C1CC1. The maximum atomic E-state index is 11.7. The van der Waals surface area contributed by atoms with Gasteiger partial charge in [-0.15, -0.1) is 0 Å². The van der Waals surface area contributed by atoms with E-state index in [0.29, 0.717) is 24.5 Å². The molecule has 2 N–H and O–H groups in total. The van der Waals surface area contributed by atoms with Crippen molar-refractivity contribution in [1.29, 1.82) is 0 Å². The van der Waals surface area contributed by atoms with E-state index in [1.807, 2.05) is 11.9 Å². The van der Waals surface area contributed by atoms with E-state index in [4.69, 9.17) is 10.5 Å². The lowest BCUT2D eigenvalue weighted by molar-refractivity contribution is -0.135. The molecule has 2 atom stereocenters. The summed E-state index contributed by atoms with van der Waals surface area (Å²) < 4.78 is 5.56. The number of hydrogen-bond donors (Lipinski definition) is 1. The molecule has 4 nitrogen and oxygen atoms in total. The van der Waals surface area contributed by atoms with Gasteiger partial charge in [-0.1, -0.05) is 6.42 Å². The second-order valence-electron chi connectivity index (χ2n) is 5.44. The molecule has 2 aliphatic carbocycles. The summed E-state index contributed by atoms with van der Waals surface area (Å²) in [5.41, 5.74) is 5.72. The molecule has 0 radical (unpaired) electrons. The van der Waals surface area contributed by atoms with Crippen LogP contribution in [0.4, 0.5) is 0 Å². The van der Waals surface area contributed by atoms with Gasteiger partial charge in [0.25, 0.3) is 0 Å². The minimum atomic E-state index is 0.120. The second kappa shape index (κ2) is 5.83. The van der Waals surface area contributed by atoms with Crippen LogP contribution in [0.3, 0.4) is 0 Å². The Morgan fingerprint density at radius 1 is 1.29 bits per heavy atom. The lowest BCUT2D eigenvalue weighted by Gasteiger charge is -2.19. The molecule has 2 fully saturated rings. The van der Waals surface area contributed by atoms with Gasteiger partial charge in [0.2, 0.25) is 5.91 Å². The fraction of sp³-hybridized carbons (Fsp3) is 0.923. The highest BCUT2D eigenvalue weighted by molar-refractivity contribution is 5.77. The summed E-state index contributed by atoms with van der Waals surface area (Å²) in [4.78, 5) is 13.6. The number of nitrogens with zero attached hydrogens (tertiary/aromatic N) is 1. The Morgan fingerprint density at radius 3 is 2.65 bits per heavy atom. The first-order chi connectivity index (χ1) is 8.22. The van der Waals surface area contributed by atoms with Crippen molar-refractivity contribution < 1.29 is 9.53 Å². The third kappa shape index (κ3) is 3.42. The van der Waals surface area contributed by atoms with Crippen LogP contribution >= 0.6 is 0 Å². The molecule has 0 saturated heterocycles. The molecule has 4 heteroatoms. The summed E-state index contributed by atoms with van der Waals surface area (Å²) in [7, 11) is 1.88. The van der Waals surface area contributed by atoms with Crippen molar-refractivity contribution in [2.24, 2.45) is 17.6 Å². The maximum absolute atomic E-state index is 11.7. The molecule has 17 heavy (non-hydrogen) atoms. The quantitative estimate of drug-likeness (QED) is 0.753. The average molecular weight is 240 g/mol. The van der Waals surface area contributed by atoms with E-state index in [1.165, 1.54) is 19.3 Å². The Hall–Kier alpha value is -0.610. The van der Waals surface area contributed by atoms with Crippen LogP contribution < -0.4 is 5.73 Å². The standard InChI is InChI=1S/C13H24N2O2/c1-15(12-5-6-12)13(16)9-17-8-11-4-2-3-10(11)7-14/h10-12H,2-9,14H2,1H3. The smallest absolute Gasteiger partial charge is 0.248 e. The van der Waals surface area contributed by atoms with Gasteiger partial charge in [0, 0.05) is 13.1 Å². The molecule has 0 aromatic rings. The van der Waals surface area contributed by atoms with Crippen LogP contribution in [0, 0.1) is 11.8 Å². The van der Waals surface area contributed by atoms with Crippen LogP contribution in [-0.2, 0) is 9.53 Å². The van der Waals surface area contributed by atoms with Crippen molar-refractivity contribution in [3.8, 4) is 0 Å². The van der Waals surface area contributed by atoms with Crippen molar-refractivity contribution in [3.05, 3.63) is 0 Å². The fourth-order valence-corrected chi connectivity index (χ4v) is 2.71. The number of nitrogens with two attached hydrogens (primary N) is 1. The Kier molecular flexibility index (Phi) is 4.40. The summed E-state index contributed by atoms with van der Waals surface area (Å²) in [5.74, 6) is 1.29. The predicted molar refractivity (Wildman–Crippen MR) is 66.5 cm³/mol. The number of ether oxygens (including phenoxy) is 1. The molecule has 2 rings (SSSR count). The number of hydrogen-bond acceptors (Lipinski definition) is 3. The zero-order valence-corrected chi connectivity index (χ0v) is 10.7. The number of carbonyl (C=O) groups excluding carboxylic acids is 1. The molecule has 2 unspecified atom stereocenters. The van der Waals surface area contributed by atoms with Crippen LogP contribution in [-0.4, -0.2) is 43.7 Å². The van der Waals surface area contributed by atoms with E-state index in [1.54, 1.807) is 0 Å². The number of likely N-dealkylation sites (N-methyl/N-ethyl adjacent to an activating group) is 1. The van der Waals surface area contributed by atoms with Gasteiger partial charge >= 0.3 is 0 Å². The van der Waals surface area contributed by atoms with E-state index in [9.17, 15) is 4.79 Å². The zero-order chi connectivity index (χ0) is 12.3. The molecule has 98 valence electrons. The van der Waals surface area contributed by atoms with Gasteiger partial charge in [-0.3, -0.25) is 4.79 Å². The monoisotopic (exact) mass is 240 g/mol. The lowest BCUT2D eigenvalue weighted by atomic mass is 9.97. The summed E-state index contributed by atoms with van der Waals surface area (Å²) in [6.07, 6.45) is 5.99. The van der Waals surface area contributed by atoms with Crippen molar-refractivity contribution in [2.75, 3.05) is 26.8 Å². The van der Waals surface area contributed by atoms with Gasteiger partial charge in [0.15, 0.2) is 0 Å². The van der Waals surface area contributed by atoms with Crippen molar-refractivity contribution in [2.45, 2.75) is 38.1 Å². The zero-order valence-electron chi connectivity index (χ0n) is 10.7. The van der Waals surface area contributed by atoms with Crippen LogP contribution in [0.15, 0.2) is 0 Å². The molecule has 0 aromatic heterocycles. The van der Waals surface area contributed by atoms with E-state index in [0.717, 1.165) is 19.4 Å². The average Bonchev–Trinajstić information content (AvgIpc) is 3.08. The molecule has 0 aromatic carbocycles. The first-order valence-corrected chi connectivity index (χ1v) is 6.76. The Morgan fingerprint density at radius 2 is 2.00 bits per heavy atom. The van der Waals surface area contributed by atoms with Gasteiger partial charge < -0.3 is 15.4 Å². The van der Waals surface area contributed by atoms with Gasteiger partial charge in [-0.25, -0.2) is 0 Å². The van der Waals surface area contributed by atoms with Crippen LogP contribution in [0.2, 0.25) is 0 Å². The molecule has 0 bridgehead atoms. The number of carbonyl (C=O) groups is 1. The van der Waals surface area contributed by atoms with Crippen LogP contribution in [0.1, 0.15) is 32.1 Å². The van der Waals surface area contributed by atoms with Gasteiger partial charge in [0.1, 0.15) is 6.61 Å². The molecule has 2 aliphatic rings. The molecule has 1 amide bonds. The Balaban J connectivity index is 1.63. The van der Waals surface area contributed by atoms with E-state index < -0.39 is 0 Å². The molecular formula is C13H24N2O2. The highest BCUT2D eigenvalue weighted by Gasteiger charge is 2.30. The van der Waals surface area contributed by atoms with Gasteiger partial charge in [0.05, 0.1) is 6.61 Å². The van der Waals surface area contributed by atoms with E-state index in [2.05, 4.69) is 0 Å². The maximum Gasteiger partial charge on any atom is 0.248 e. The second-order valence-corrected chi connectivity index (χ2v) is 5.44. The number of rotatable bonds is 6. The van der Waals surface area contributed by atoms with Crippen molar-refractivity contribution in [1.82, 2.24) is 4.90 Å².